The summed E-state index contributed by atoms with van der Waals surface area (Å²) in [5, 5.41) is 0. The van der Waals surface area contributed by atoms with E-state index in [4.69, 9.17) is 0 Å². The largest absolute Gasteiger partial charge is 0.417 e. The predicted molar refractivity (Wildman–Crippen MR) is 116 cm³/mol. The van der Waals surface area contributed by atoms with Gasteiger partial charge in [-0.25, -0.2) is 4.98 Å². The molecular weight excluding hydrogens is 427 g/mol. The van der Waals surface area contributed by atoms with Gasteiger partial charge in [0.15, 0.2) is 5.75 Å². The fourth-order valence-electron chi connectivity index (χ4n) is 5.84. The molecule has 5 nitrogen and oxygen atoms in total. The van der Waals surface area contributed by atoms with Crippen molar-refractivity contribution in [1.29, 1.82) is 0 Å². The number of carbonyl (C=O) groups is 1. The average molecular weight is 459 g/mol. The zero-order valence-electron chi connectivity index (χ0n) is 18.4. The highest BCUT2D eigenvalue weighted by Crippen LogP contribution is 2.64. The molecule has 1 aromatic rings. The number of halogens is 3. The van der Waals surface area contributed by atoms with Crippen molar-refractivity contribution in [1.82, 2.24) is 9.29 Å². The zero-order chi connectivity index (χ0) is 22.8. The highest BCUT2D eigenvalue weighted by molar-refractivity contribution is 7.89. The van der Waals surface area contributed by atoms with Crippen LogP contribution >= 0.6 is 0 Å². The Bertz CT molecular complexity index is 847. The molecule has 4 rings (SSSR count). The van der Waals surface area contributed by atoms with E-state index in [0.717, 1.165) is 25.1 Å². The van der Waals surface area contributed by atoms with Crippen LogP contribution in [0.15, 0.2) is 18.3 Å². The van der Waals surface area contributed by atoms with Gasteiger partial charge >= 0.3 is 6.18 Å². The van der Waals surface area contributed by atoms with Crippen molar-refractivity contribution in [2.45, 2.75) is 65.2 Å². The lowest BCUT2D eigenvalue weighted by atomic mass is 9.70. The van der Waals surface area contributed by atoms with Crippen molar-refractivity contribution in [3.63, 3.8) is 0 Å². The molecule has 2 aliphatic carbocycles. The second-order valence-corrected chi connectivity index (χ2v) is 11.4. The second kappa shape index (κ2) is 7.63. The summed E-state index contributed by atoms with van der Waals surface area (Å²) in [5.41, 5.74) is -1.28. The summed E-state index contributed by atoms with van der Waals surface area (Å²) in [6.45, 7) is 9.47. The van der Waals surface area contributed by atoms with Crippen LogP contribution in [0.1, 0.15) is 52.5 Å². The first-order valence-corrected chi connectivity index (χ1v) is 12.2. The Morgan fingerprint density at radius 3 is 2.45 bits per heavy atom. The normalized spacial score (nSPS) is 34.4. The van der Waals surface area contributed by atoms with E-state index in [1.54, 1.807) is 0 Å². The van der Waals surface area contributed by atoms with Crippen LogP contribution < -0.4 is 4.90 Å². The van der Waals surface area contributed by atoms with E-state index in [9.17, 15) is 22.5 Å². The lowest BCUT2D eigenvalue weighted by Gasteiger charge is -2.42. The molecule has 5 atom stereocenters. The van der Waals surface area contributed by atoms with E-state index >= 15 is 0 Å². The Balaban J connectivity index is 1.46. The van der Waals surface area contributed by atoms with Crippen LogP contribution in [0.25, 0.3) is 0 Å². The number of ketones is 1. The van der Waals surface area contributed by atoms with Gasteiger partial charge in [0.25, 0.3) is 0 Å². The van der Waals surface area contributed by atoms with Crippen LogP contribution in [0.3, 0.4) is 0 Å². The maximum Gasteiger partial charge on any atom is 0.417 e. The first-order valence-electron chi connectivity index (χ1n) is 10.9. The van der Waals surface area contributed by atoms with Crippen LogP contribution in [0, 0.1) is 16.7 Å². The molecule has 0 aromatic carbocycles. The van der Waals surface area contributed by atoms with Crippen LogP contribution in [0.4, 0.5) is 19.0 Å². The number of Topliss-reactive ketones (excluding diaryl/α,β-unsaturated/α-hetero) is 1. The average Bonchev–Trinajstić information content (AvgIpc) is 3.03. The van der Waals surface area contributed by atoms with Crippen LogP contribution in [0.2, 0.25) is 0 Å². The highest BCUT2D eigenvalue weighted by Gasteiger charge is 2.67. The van der Waals surface area contributed by atoms with Crippen molar-refractivity contribution < 1.29 is 22.5 Å². The Hall–Kier alpha value is -1.32. The first-order chi connectivity index (χ1) is 14.4. The zero-order valence-corrected chi connectivity index (χ0v) is 19.3. The standard InChI is InChI=1S/C22H31F3N3O2S/c1-14-12-28(31(30)13-21-8-7-16(9-18(21)29)20(21,3)4)15(2)11-27(14)19-6-5-17(10-26-19)22(23,24)25/h5-6,10,14-16,30H,7-9,11-13H2,1-4H3/q+1/t14?,15?,16-,21-,31?/m1/s1. The number of pyridine rings is 1. The monoisotopic (exact) mass is 458 g/mol. The molecule has 9 heteroatoms. The molecule has 1 saturated heterocycles. The second-order valence-electron chi connectivity index (χ2n) is 10.0. The topological polar surface area (TPSA) is 56.7 Å². The molecule has 3 fully saturated rings. The summed E-state index contributed by atoms with van der Waals surface area (Å²) in [4.78, 5) is 18.9. The van der Waals surface area contributed by atoms with Crippen molar-refractivity contribution in [3.8, 4) is 0 Å². The number of anilines is 1. The van der Waals surface area contributed by atoms with Gasteiger partial charge in [0, 0.05) is 25.2 Å². The summed E-state index contributed by atoms with van der Waals surface area (Å²) in [5.74, 6) is 1.70. The molecule has 2 saturated carbocycles. The van der Waals surface area contributed by atoms with Gasteiger partial charge in [0.2, 0.25) is 11.4 Å². The van der Waals surface area contributed by atoms with Gasteiger partial charge in [-0.2, -0.15) is 17.7 Å². The summed E-state index contributed by atoms with van der Waals surface area (Å²) < 4.78 is 51.8. The fourth-order valence-corrected chi connectivity index (χ4v) is 8.00. The van der Waals surface area contributed by atoms with E-state index in [0.29, 0.717) is 42.8 Å². The number of hydrogen-bond acceptors (Lipinski definition) is 5. The van der Waals surface area contributed by atoms with Gasteiger partial charge in [-0.3, -0.25) is 4.79 Å². The van der Waals surface area contributed by atoms with E-state index < -0.39 is 28.5 Å². The van der Waals surface area contributed by atoms with Crippen molar-refractivity contribution >= 4 is 23.0 Å². The predicted octanol–water partition coefficient (Wildman–Crippen LogP) is 4.40. The van der Waals surface area contributed by atoms with Gasteiger partial charge in [0.05, 0.1) is 23.6 Å². The minimum Gasteiger partial charge on any atom is -0.351 e. The third-order valence-corrected chi connectivity index (χ3v) is 9.88. The number of rotatable bonds is 4. The molecule has 0 amide bonds. The van der Waals surface area contributed by atoms with Crippen molar-refractivity contribution in [2.75, 3.05) is 23.7 Å². The minimum atomic E-state index is -4.40. The lowest BCUT2D eigenvalue weighted by Crippen LogP contribution is -2.60. The number of nitrogens with zero attached hydrogens (tertiary/aromatic N) is 3. The molecule has 1 N–H and O–H groups in total. The van der Waals surface area contributed by atoms with Gasteiger partial charge in [0.1, 0.15) is 11.6 Å². The number of fused-ring (bicyclic) bond motifs is 2. The van der Waals surface area contributed by atoms with E-state index in [2.05, 4.69) is 23.1 Å². The number of piperazine rings is 1. The van der Waals surface area contributed by atoms with E-state index in [1.807, 2.05) is 18.7 Å². The lowest BCUT2D eigenvalue weighted by molar-refractivity contribution is -0.137. The molecule has 1 aromatic heterocycles. The molecule has 0 radical (unpaired) electrons. The van der Waals surface area contributed by atoms with Crippen LogP contribution in [-0.2, 0) is 22.3 Å². The number of alkyl halides is 3. The molecule has 31 heavy (non-hydrogen) atoms. The summed E-state index contributed by atoms with van der Waals surface area (Å²) in [6.07, 6.45) is -0.997. The van der Waals surface area contributed by atoms with Crippen LogP contribution in [-0.4, -0.2) is 50.6 Å². The smallest absolute Gasteiger partial charge is 0.351 e. The fraction of sp³-hybridized carbons (Fsp3) is 0.727. The van der Waals surface area contributed by atoms with Gasteiger partial charge < -0.3 is 4.90 Å². The molecule has 1 aliphatic heterocycles. The van der Waals surface area contributed by atoms with Crippen molar-refractivity contribution in [3.05, 3.63) is 23.9 Å². The molecule has 3 aliphatic rings. The Labute approximate surface area is 184 Å². The number of hydrogen-bond donors (Lipinski definition) is 1. The molecule has 0 spiro atoms. The molecule has 172 valence electrons. The SMILES string of the molecule is CC1CN([S+](O)C[C@]23CC[C@H](CC2=O)C3(C)C)C(C)CN1c1ccc(C(F)(F)F)cn1. The Kier molecular flexibility index (Phi) is 5.62. The third kappa shape index (κ3) is 3.66. The highest BCUT2D eigenvalue weighted by atomic mass is 32.2. The quantitative estimate of drug-likeness (QED) is 0.678. The maximum absolute atomic E-state index is 12.9. The van der Waals surface area contributed by atoms with Gasteiger partial charge in [-0.1, -0.05) is 18.2 Å². The Morgan fingerprint density at radius 1 is 1.23 bits per heavy atom. The first kappa shape index (κ1) is 22.9. The van der Waals surface area contributed by atoms with E-state index in [1.165, 1.54) is 6.07 Å². The summed E-state index contributed by atoms with van der Waals surface area (Å²) in [6, 6.07) is 2.44. The minimum absolute atomic E-state index is 0.0122. The van der Waals surface area contributed by atoms with Crippen molar-refractivity contribution in [2.24, 2.45) is 16.7 Å². The van der Waals surface area contributed by atoms with Gasteiger partial charge in [-0.05, 0) is 50.2 Å². The van der Waals surface area contributed by atoms with Crippen LogP contribution in [0.5, 0.6) is 0 Å². The number of carbonyl (C=O) groups excluding carboxylic acids is 1. The summed E-state index contributed by atoms with van der Waals surface area (Å²) >= 11 is -1.05. The molecule has 3 unspecified atom stereocenters. The molecular formula is C22H31F3N3O2S+. The third-order valence-electron chi connectivity index (χ3n) is 8.08. The van der Waals surface area contributed by atoms with E-state index in [-0.39, 0.29) is 17.5 Å². The van der Waals surface area contributed by atoms with Gasteiger partial charge in [-0.15, -0.1) is 0 Å². The number of aromatic nitrogens is 1. The Morgan fingerprint density at radius 2 is 1.94 bits per heavy atom. The molecule has 2 bridgehead atoms. The summed E-state index contributed by atoms with van der Waals surface area (Å²) in [7, 11) is 0. The molecule has 2 heterocycles. The maximum atomic E-state index is 12.9.